The SMILES string of the molecule is COCC1CCN(CC2C=CC(N)C2)CC1. The lowest BCUT2D eigenvalue weighted by Gasteiger charge is -2.33. The first-order chi connectivity index (χ1) is 7.78. The third kappa shape index (κ3) is 3.30. The number of nitrogens with two attached hydrogens (primary N) is 1. The number of piperidine rings is 1. The Hall–Kier alpha value is -0.380. The second-order valence-electron chi connectivity index (χ2n) is 5.24. The lowest BCUT2D eigenvalue weighted by molar-refractivity contribution is 0.0952. The van der Waals surface area contributed by atoms with Crippen LogP contribution in [-0.4, -0.2) is 44.3 Å². The fourth-order valence-electron chi connectivity index (χ4n) is 2.84. The molecule has 1 heterocycles. The van der Waals surface area contributed by atoms with Gasteiger partial charge in [-0.05, 0) is 44.2 Å². The molecule has 0 aromatic heterocycles. The van der Waals surface area contributed by atoms with Gasteiger partial charge in [0.1, 0.15) is 0 Å². The van der Waals surface area contributed by atoms with Crippen LogP contribution in [0.15, 0.2) is 12.2 Å². The third-order valence-electron chi connectivity index (χ3n) is 3.81. The van der Waals surface area contributed by atoms with Crippen LogP contribution >= 0.6 is 0 Å². The van der Waals surface area contributed by atoms with Crippen molar-refractivity contribution in [3.63, 3.8) is 0 Å². The predicted molar refractivity (Wildman–Crippen MR) is 66.3 cm³/mol. The number of rotatable bonds is 4. The van der Waals surface area contributed by atoms with Crippen LogP contribution in [0.4, 0.5) is 0 Å². The summed E-state index contributed by atoms with van der Waals surface area (Å²) < 4.78 is 5.22. The molecule has 2 rings (SSSR count). The van der Waals surface area contributed by atoms with E-state index in [9.17, 15) is 0 Å². The molecule has 0 amide bonds. The van der Waals surface area contributed by atoms with Crippen LogP contribution in [-0.2, 0) is 4.74 Å². The molecule has 0 spiro atoms. The Balaban J connectivity index is 1.67. The first-order valence-corrected chi connectivity index (χ1v) is 6.43. The molecule has 3 heteroatoms. The van der Waals surface area contributed by atoms with E-state index in [1.54, 1.807) is 7.11 Å². The van der Waals surface area contributed by atoms with Crippen molar-refractivity contribution < 1.29 is 4.74 Å². The van der Waals surface area contributed by atoms with Crippen molar-refractivity contribution in [3.8, 4) is 0 Å². The summed E-state index contributed by atoms with van der Waals surface area (Å²) in [5, 5.41) is 0. The minimum absolute atomic E-state index is 0.302. The van der Waals surface area contributed by atoms with Gasteiger partial charge in [0.15, 0.2) is 0 Å². The number of methoxy groups -OCH3 is 1. The standard InChI is InChI=1S/C13H24N2O/c1-16-10-11-4-6-15(7-5-11)9-12-2-3-13(14)8-12/h2-3,11-13H,4-10,14H2,1H3. The lowest BCUT2D eigenvalue weighted by Crippen LogP contribution is -2.38. The molecule has 2 N–H and O–H groups in total. The van der Waals surface area contributed by atoms with Crippen molar-refractivity contribution >= 4 is 0 Å². The lowest BCUT2D eigenvalue weighted by atomic mass is 9.96. The molecule has 1 saturated heterocycles. The van der Waals surface area contributed by atoms with E-state index in [-0.39, 0.29) is 0 Å². The van der Waals surface area contributed by atoms with Gasteiger partial charge in [-0.2, -0.15) is 0 Å². The molecule has 3 nitrogen and oxygen atoms in total. The van der Waals surface area contributed by atoms with E-state index in [2.05, 4.69) is 17.1 Å². The summed E-state index contributed by atoms with van der Waals surface area (Å²) in [7, 11) is 1.80. The summed E-state index contributed by atoms with van der Waals surface area (Å²) in [5.74, 6) is 1.47. The van der Waals surface area contributed by atoms with Gasteiger partial charge >= 0.3 is 0 Å². The third-order valence-corrected chi connectivity index (χ3v) is 3.81. The average molecular weight is 224 g/mol. The Morgan fingerprint density at radius 3 is 2.62 bits per heavy atom. The number of hydrogen-bond acceptors (Lipinski definition) is 3. The van der Waals surface area contributed by atoms with Gasteiger partial charge in [0.25, 0.3) is 0 Å². The van der Waals surface area contributed by atoms with Gasteiger partial charge < -0.3 is 15.4 Å². The summed E-state index contributed by atoms with van der Waals surface area (Å²) in [4.78, 5) is 2.58. The van der Waals surface area contributed by atoms with E-state index in [1.165, 1.54) is 32.5 Å². The smallest absolute Gasteiger partial charge is 0.0491 e. The largest absolute Gasteiger partial charge is 0.384 e. The van der Waals surface area contributed by atoms with Crippen molar-refractivity contribution in [1.29, 1.82) is 0 Å². The molecule has 2 atom stereocenters. The Morgan fingerprint density at radius 1 is 1.31 bits per heavy atom. The van der Waals surface area contributed by atoms with Crippen LogP contribution in [0.1, 0.15) is 19.3 Å². The van der Waals surface area contributed by atoms with Crippen LogP contribution < -0.4 is 5.73 Å². The van der Waals surface area contributed by atoms with Crippen LogP contribution in [0.25, 0.3) is 0 Å². The first-order valence-electron chi connectivity index (χ1n) is 6.43. The maximum Gasteiger partial charge on any atom is 0.0491 e. The summed E-state index contributed by atoms with van der Waals surface area (Å²) >= 11 is 0. The van der Waals surface area contributed by atoms with Crippen LogP contribution in [0, 0.1) is 11.8 Å². The highest BCUT2D eigenvalue weighted by Gasteiger charge is 2.23. The summed E-state index contributed by atoms with van der Waals surface area (Å²) in [6.45, 7) is 4.59. The molecular formula is C13H24N2O. The molecule has 1 fully saturated rings. The maximum absolute atomic E-state index is 5.87. The second kappa shape index (κ2) is 5.80. The number of hydrogen-bond donors (Lipinski definition) is 1. The van der Waals surface area contributed by atoms with E-state index in [0.717, 1.165) is 18.9 Å². The van der Waals surface area contributed by atoms with Crippen LogP contribution in [0.3, 0.4) is 0 Å². The molecule has 2 aliphatic rings. The quantitative estimate of drug-likeness (QED) is 0.730. The summed E-state index contributed by atoms with van der Waals surface area (Å²) in [6, 6.07) is 0.302. The highest BCUT2D eigenvalue weighted by molar-refractivity contribution is 5.05. The van der Waals surface area contributed by atoms with Gasteiger partial charge in [0.2, 0.25) is 0 Å². The van der Waals surface area contributed by atoms with Gasteiger partial charge in [-0.15, -0.1) is 0 Å². The van der Waals surface area contributed by atoms with Crippen molar-refractivity contribution in [2.75, 3.05) is 33.4 Å². The zero-order chi connectivity index (χ0) is 11.4. The highest BCUT2D eigenvalue weighted by atomic mass is 16.5. The molecular weight excluding hydrogens is 200 g/mol. The second-order valence-corrected chi connectivity index (χ2v) is 5.24. The van der Waals surface area contributed by atoms with Crippen molar-refractivity contribution in [1.82, 2.24) is 4.90 Å². The minimum Gasteiger partial charge on any atom is -0.384 e. The summed E-state index contributed by atoms with van der Waals surface area (Å²) in [6.07, 6.45) is 8.17. The Labute approximate surface area is 98.6 Å². The number of ether oxygens (including phenoxy) is 1. The van der Waals surface area contributed by atoms with Crippen molar-refractivity contribution in [3.05, 3.63) is 12.2 Å². The molecule has 92 valence electrons. The predicted octanol–water partition coefficient (Wildman–Crippen LogP) is 1.25. The molecule has 16 heavy (non-hydrogen) atoms. The summed E-state index contributed by atoms with van der Waals surface area (Å²) in [5.41, 5.74) is 5.87. The van der Waals surface area contributed by atoms with Crippen molar-refractivity contribution in [2.24, 2.45) is 17.6 Å². The van der Waals surface area contributed by atoms with Gasteiger partial charge in [-0.25, -0.2) is 0 Å². The van der Waals surface area contributed by atoms with Gasteiger partial charge in [-0.3, -0.25) is 0 Å². The van der Waals surface area contributed by atoms with E-state index in [1.807, 2.05) is 0 Å². The number of likely N-dealkylation sites (tertiary alicyclic amines) is 1. The van der Waals surface area contributed by atoms with Gasteiger partial charge in [-0.1, -0.05) is 12.2 Å². The Kier molecular flexibility index (Phi) is 4.38. The van der Waals surface area contributed by atoms with E-state index in [0.29, 0.717) is 12.0 Å². The molecule has 0 radical (unpaired) electrons. The minimum atomic E-state index is 0.302. The molecule has 0 aromatic carbocycles. The Bertz CT molecular complexity index is 234. The number of nitrogens with zero attached hydrogens (tertiary/aromatic N) is 1. The molecule has 1 aliphatic carbocycles. The fraction of sp³-hybridized carbons (Fsp3) is 0.846. The average Bonchev–Trinajstić information content (AvgIpc) is 2.67. The van der Waals surface area contributed by atoms with Crippen LogP contribution in [0.2, 0.25) is 0 Å². The molecule has 2 unspecified atom stereocenters. The van der Waals surface area contributed by atoms with E-state index in [4.69, 9.17) is 10.5 Å². The highest BCUT2D eigenvalue weighted by Crippen LogP contribution is 2.22. The zero-order valence-corrected chi connectivity index (χ0v) is 10.3. The molecule has 1 aliphatic heterocycles. The van der Waals surface area contributed by atoms with E-state index >= 15 is 0 Å². The monoisotopic (exact) mass is 224 g/mol. The zero-order valence-electron chi connectivity index (χ0n) is 10.3. The van der Waals surface area contributed by atoms with Gasteiger partial charge in [0.05, 0.1) is 0 Å². The fourth-order valence-corrected chi connectivity index (χ4v) is 2.84. The Morgan fingerprint density at radius 2 is 2.06 bits per heavy atom. The van der Waals surface area contributed by atoms with Crippen molar-refractivity contribution in [2.45, 2.75) is 25.3 Å². The molecule has 0 saturated carbocycles. The van der Waals surface area contributed by atoms with Crippen LogP contribution in [0.5, 0.6) is 0 Å². The maximum atomic E-state index is 5.87. The van der Waals surface area contributed by atoms with E-state index < -0.39 is 0 Å². The molecule has 0 aromatic rings. The first kappa shape index (κ1) is 12.1. The molecule has 0 bridgehead atoms. The normalized spacial score (nSPS) is 32.4. The topological polar surface area (TPSA) is 38.5 Å². The van der Waals surface area contributed by atoms with Gasteiger partial charge in [0, 0.05) is 26.3 Å².